The van der Waals surface area contributed by atoms with E-state index in [1.54, 1.807) is 6.92 Å². The Morgan fingerprint density at radius 2 is 2.41 bits per heavy atom. The maximum atomic E-state index is 11.5. The van der Waals surface area contributed by atoms with Gasteiger partial charge in [-0.15, -0.1) is 0 Å². The van der Waals surface area contributed by atoms with Crippen LogP contribution in [-0.2, 0) is 16.1 Å². The largest absolute Gasteiger partial charge is 0.468 e. The lowest BCUT2D eigenvalue weighted by molar-refractivity contribution is -0.146. The Hall–Kier alpha value is -1.47. The summed E-state index contributed by atoms with van der Waals surface area (Å²) in [6.45, 7) is 2.63. The fraction of sp³-hybridized carbons (Fsp3) is 0.700. The fourth-order valence-electron chi connectivity index (χ4n) is 2.02. The summed E-state index contributed by atoms with van der Waals surface area (Å²) in [7, 11) is 1.34. The topological polar surface area (TPSA) is 88.7 Å². The second-order valence-corrected chi connectivity index (χ2v) is 4.15. The van der Waals surface area contributed by atoms with Crippen LogP contribution in [0.2, 0.25) is 0 Å². The molecule has 2 unspecified atom stereocenters. The number of aliphatic hydroxyl groups excluding tert-OH is 1. The maximum absolute atomic E-state index is 11.5. The minimum atomic E-state index is -0.515. The molecular weight excluding hydrogens is 226 g/mol. The second kappa shape index (κ2) is 4.80. The number of nitrogens with zero attached hydrogens (tertiary/aromatic N) is 3. The van der Waals surface area contributed by atoms with Crippen LogP contribution in [0.1, 0.15) is 17.8 Å². The summed E-state index contributed by atoms with van der Waals surface area (Å²) in [4.78, 5) is 13.4. The van der Waals surface area contributed by atoms with E-state index in [0.29, 0.717) is 30.9 Å². The summed E-state index contributed by atoms with van der Waals surface area (Å²) in [6, 6.07) is -0.425. The minimum Gasteiger partial charge on any atom is -0.468 e. The first-order valence-corrected chi connectivity index (χ1v) is 5.39. The Bertz CT molecular complexity index is 406. The van der Waals surface area contributed by atoms with Gasteiger partial charge in [0.05, 0.1) is 13.2 Å². The molecule has 17 heavy (non-hydrogen) atoms. The maximum Gasteiger partial charge on any atom is 0.323 e. The van der Waals surface area contributed by atoms with Gasteiger partial charge < -0.3 is 9.84 Å². The monoisotopic (exact) mass is 241 g/mol. The Morgan fingerprint density at radius 3 is 3.00 bits per heavy atom. The molecule has 0 aromatic carbocycles. The highest BCUT2D eigenvalue weighted by molar-refractivity contribution is 5.76. The Labute approximate surface area is 98.3 Å². The molecule has 0 bridgehead atoms. The van der Waals surface area contributed by atoms with Crippen LogP contribution in [0.25, 0.3) is 0 Å². The third kappa shape index (κ3) is 2.45. The van der Waals surface area contributed by atoms with Gasteiger partial charge in [0.1, 0.15) is 17.4 Å². The van der Waals surface area contributed by atoms with Gasteiger partial charge in [0.15, 0.2) is 0 Å². The molecule has 1 aromatic rings. The number of aromatic nitrogens is 2. The lowest BCUT2D eigenvalue weighted by Gasteiger charge is -2.20. The lowest BCUT2D eigenvalue weighted by Crippen LogP contribution is -2.36. The highest BCUT2D eigenvalue weighted by Crippen LogP contribution is 2.21. The van der Waals surface area contributed by atoms with Crippen molar-refractivity contribution in [2.45, 2.75) is 32.0 Å². The highest BCUT2D eigenvalue weighted by atomic mass is 16.6. The van der Waals surface area contributed by atoms with Crippen molar-refractivity contribution in [1.82, 2.24) is 15.2 Å². The summed E-state index contributed by atoms with van der Waals surface area (Å²) in [6.07, 6.45) is -0.129. The number of carbonyl (C=O) groups excluding carboxylic acids is 1. The first-order chi connectivity index (χ1) is 8.11. The van der Waals surface area contributed by atoms with E-state index in [2.05, 4.69) is 14.9 Å². The van der Waals surface area contributed by atoms with Crippen molar-refractivity contribution in [3.63, 3.8) is 0 Å². The first-order valence-electron chi connectivity index (χ1n) is 5.39. The molecule has 1 saturated heterocycles. The van der Waals surface area contributed by atoms with Crippen LogP contribution in [0.4, 0.5) is 0 Å². The number of aryl methyl sites for hydroxylation is 1. The molecule has 0 radical (unpaired) electrons. The van der Waals surface area contributed by atoms with Crippen molar-refractivity contribution < 1.29 is 19.3 Å². The minimum absolute atomic E-state index is 0.337. The number of hydrogen-bond donors (Lipinski definition) is 1. The molecule has 0 aliphatic carbocycles. The molecule has 1 aliphatic heterocycles. The van der Waals surface area contributed by atoms with Gasteiger partial charge in [-0.05, 0) is 6.92 Å². The smallest absolute Gasteiger partial charge is 0.323 e. The number of ether oxygens (including phenoxy) is 1. The molecule has 1 aromatic heterocycles. The quantitative estimate of drug-likeness (QED) is 0.712. The predicted molar refractivity (Wildman–Crippen MR) is 55.9 cm³/mol. The molecule has 1 aliphatic rings. The molecular formula is C10H15N3O4. The number of hydrogen-bond acceptors (Lipinski definition) is 7. The molecule has 0 saturated carbocycles. The van der Waals surface area contributed by atoms with E-state index in [1.807, 2.05) is 4.90 Å². The number of carbonyl (C=O) groups is 1. The van der Waals surface area contributed by atoms with Crippen LogP contribution < -0.4 is 0 Å². The highest BCUT2D eigenvalue weighted by Gasteiger charge is 2.37. The number of rotatable bonds is 3. The summed E-state index contributed by atoms with van der Waals surface area (Å²) in [5.74, 6) is -0.337. The van der Waals surface area contributed by atoms with Crippen LogP contribution in [0.3, 0.4) is 0 Å². The Balaban J connectivity index is 2.08. The van der Waals surface area contributed by atoms with Crippen molar-refractivity contribution in [1.29, 1.82) is 0 Å². The molecule has 0 amide bonds. The summed E-state index contributed by atoms with van der Waals surface area (Å²) in [5, 5.41) is 17.0. The zero-order valence-corrected chi connectivity index (χ0v) is 9.79. The van der Waals surface area contributed by atoms with Crippen molar-refractivity contribution in [3.8, 4) is 0 Å². The molecule has 0 spiro atoms. The molecule has 94 valence electrons. The van der Waals surface area contributed by atoms with E-state index in [1.165, 1.54) is 7.11 Å². The Kier molecular flexibility index (Phi) is 3.39. The number of methoxy groups -OCH3 is 1. The van der Waals surface area contributed by atoms with E-state index < -0.39 is 12.1 Å². The van der Waals surface area contributed by atoms with Crippen molar-refractivity contribution in [2.75, 3.05) is 13.7 Å². The van der Waals surface area contributed by atoms with Gasteiger partial charge in [-0.2, -0.15) is 0 Å². The first kappa shape index (κ1) is 12.0. The number of esters is 1. The standard InChI is InChI=1S/C10H15N3O4/c1-6-8(12-17-11-6)5-13-4-7(14)3-9(13)10(15)16-2/h7,9,14H,3-5H2,1-2H3. The fourth-order valence-corrected chi connectivity index (χ4v) is 2.02. The van der Waals surface area contributed by atoms with Gasteiger partial charge in [-0.25, -0.2) is 4.63 Å². The lowest BCUT2D eigenvalue weighted by atomic mass is 10.2. The predicted octanol–water partition coefficient (Wildman–Crippen LogP) is -0.514. The van der Waals surface area contributed by atoms with Gasteiger partial charge in [-0.3, -0.25) is 9.69 Å². The zero-order chi connectivity index (χ0) is 12.4. The second-order valence-electron chi connectivity index (χ2n) is 4.15. The van der Waals surface area contributed by atoms with Crippen LogP contribution in [0.5, 0.6) is 0 Å². The van der Waals surface area contributed by atoms with E-state index in [9.17, 15) is 9.90 Å². The molecule has 2 atom stereocenters. The van der Waals surface area contributed by atoms with E-state index in [4.69, 9.17) is 4.74 Å². The molecule has 7 heteroatoms. The van der Waals surface area contributed by atoms with Gasteiger partial charge in [0, 0.05) is 19.5 Å². The van der Waals surface area contributed by atoms with Crippen molar-refractivity contribution in [2.24, 2.45) is 0 Å². The summed E-state index contributed by atoms with van der Waals surface area (Å²) >= 11 is 0. The average molecular weight is 241 g/mol. The summed E-state index contributed by atoms with van der Waals surface area (Å²) in [5.41, 5.74) is 1.36. The third-order valence-corrected chi connectivity index (χ3v) is 2.95. The molecule has 2 heterocycles. The third-order valence-electron chi connectivity index (χ3n) is 2.95. The van der Waals surface area contributed by atoms with Crippen molar-refractivity contribution >= 4 is 5.97 Å². The van der Waals surface area contributed by atoms with Crippen molar-refractivity contribution in [3.05, 3.63) is 11.4 Å². The number of likely N-dealkylation sites (tertiary alicyclic amines) is 1. The zero-order valence-electron chi connectivity index (χ0n) is 9.79. The van der Waals surface area contributed by atoms with Gasteiger partial charge in [-0.1, -0.05) is 10.3 Å². The number of aliphatic hydroxyl groups is 1. The van der Waals surface area contributed by atoms with E-state index in [0.717, 1.165) is 0 Å². The summed E-state index contributed by atoms with van der Waals surface area (Å²) < 4.78 is 9.31. The van der Waals surface area contributed by atoms with Crippen LogP contribution in [-0.4, -0.2) is 52.1 Å². The molecule has 1 fully saturated rings. The van der Waals surface area contributed by atoms with E-state index in [-0.39, 0.29) is 5.97 Å². The van der Waals surface area contributed by atoms with E-state index >= 15 is 0 Å². The van der Waals surface area contributed by atoms with Gasteiger partial charge in [0.25, 0.3) is 0 Å². The van der Waals surface area contributed by atoms with Crippen LogP contribution >= 0.6 is 0 Å². The van der Waals surface area contributed by atoms with Crippen LogP contribution in [0, 0.1) is 6.92 Å². The Morgan fingerprint density at radius 1 is 1.65 bits per heavy atom. The molecule has 7 nitrogen and oxygen atoms in total. The van der Waals surface area contributed by atoms with Gasteiger partial charge >= 0.3 is 5.97 Å². The number of β-amino-alcohol motifs (C(OH)–C–C–N with tert-alkyl or cyclic N) is 1. The molecule has 1 N–H and O–H groups in total. The van der Waals surface area contributed by atoms with Crippen LogP contribution in [0.15, 0.2) is 4.63 Å². The average Bonchev–Trinajstić information content (AvgIpc) is 2.86. The molecule has 2 rings (SSSR count). The SMILES string of the molecule is COC(=O)C1CC(O)CN1Cc1nonc1C. The van der Waals surface area contributed by atoms with Gasteiger partial charge in [0.2, 0.25) is 0 Å². The normalized spacial score (nSPS) is 25.1.